The number of aliphatic carboxylic acids is 2. The van der Waals surface area contributed by atoms with Gasteiger partial charge in [-0.1, -0.05) is 6.42 Å². The molecular weight excluding hydrogens is 254 g/mol. The monoisotopic (exact) mass is 273 g/mol. The fraction of sp³-hybridized carbons (Fsp3) is 0.636. The van der Waals surface area contributed by atoms with Crippen molar-refractivity contribution in [2.45, 2.75) is 44.9 Å². The van der Waals surface area contributed by atoms with Gasteiger partial charge < -0.3 is 15.9 Å². The number of nitrogens with two attached hydrogens (primary N) is 1. The highest BCUT2D eigenvalue weighted by Gasteiger charge is 2.05. The Morgan fingerprint density at radius 2 is 1.47 bits per heavy atom. The largest absolute Gasteiger partial charge is 0.481 e. The molecular formula is C11H19N3O5. The third-order valence-corrected chi connectivity index (χ3v) is 2.31. The van der Waals surface area contributed by atoms with E-state index in [1.165, 1.54) is 0 Å². The number of rotatable bonds is 10. The molecule has 0 unspecified atom stereocenters. The summed E-state index contributed by atoms with van der Waals surface area (Å²) in [6.07, 6.45) is 2.73. The number of hydrazone groups is 1. The highest BCUT2D eigenvalue weighted by atomic mass is 16.4. The zero-order valence-corrected chi connectivity index (χ0v) is 10.6. The van der Waals surface area contributed by atoms with E-state index in [4.69, 9.17) is 15.9 Å². The smallest absolute Gasteiger partial charge is 0.332 e. The van der Waals surface area contributed by atoms with Crippen LogP contribution in [-0.2, 0) is 9.59 Å². The molecule has 0 aliphatic rings. The topological polar surface area (TPSA) is 142 Å². The van der Waals surface area contributed by atoms with Gasteiger partial charge in [-0.05, 0) is 25.7 Å². The molecule has 0 bridgehead atoms. The lowest BCUT2D eigenvalue weighted by molar-refractivity contribution is -0.138. The first-order valence-corrected chi connectivity index (χ1v) is 5.96. The van der Waals surface area contributed by atoms with Crippen molar-refractivity contribution in [3.63, 3.8) is 0 Å². The normalized spacial score (nSPS) is 11.1. The fourth-order valence-corrected chi connectivity index (χ4v) is 1.40. The van der Waals surface area contributed by atoms with Crippen molar-refractivity contribution in [1.82, 2.24) is 5.43 Å². The number of carbonyl (C=O) groups is 3. The molecule has 0 saturated carbocycles. The fourth-order valence-electron chi connectivity index (χ4n) is 1.40. The lowest BCUT2D eigenvalue weighted by Gasteiger charge is -2.05. The number of nitrogens with one attached hydrogen (secondary N) is 1. The Morgan fingerprint density at radius 3 is 2.00 bits per heavy atom. The van der Waals surface area contributed by atoms with Gasteiger partial charge >= 0.3 is 18.0 Å². The second-order valence-corrected chi connectivity index (χ2v) is 4.00. The van der Waals surface area contributed by atoms with Gasteiger partial charge in [-0.2, -0.15) is 5.10 Å². The first-order chi connectivity index (χ1) is 8.91. The summed E-state index contributed by atoms with van der Waals surface area (Å²) in [6.45, 7) is 0. The van der Waals surface area contributed by atoms with Gasteiger partial charge in [0.2, 0.25) is 0 Å². The van der Waals surface area contributed by atoms with E-state index >= 15 is 0 Å². The van der Waals surface area contributed by atoms with E-state index in [1.54, 1.807) is 0 Å². The quantitative estimate of drug-likeness (QED) is 0.266. The van der Waals surface area contributed by atoms with Crippen LogP contribution in [0.2, 0.25) is 0 Å². The molecule has 0 spiro atoms. The van der Waals surface area contributed by atoms with Crippen LogP contribution in [0.15, 0.2) is 5.10 Å². The Morgan fingerprint density at radius 1 is 0.895 bits per heavy atom. The van der Waals surface area contributed by atoms with Crippen molar-refractivity contribution in [3.8, 4) is 0 Å². The van der Waals surface area contributed by atoms with Crippen LogP contribution in [0, 0.1) is 0 Å². The summed E-state index contributed by atoms with van der Waals surface area (Å²) in [5.41, 5.74) is 7.47. The number of carboxylic acids is 2. The van der Waals surface area contributed by atoms with E-state index in [2.05, 4.69) is 10.5 Å². The molecule has 0 heterocycles. The Hall–Kier alpha value is -2.12. The highest BCUT2D eigenvalue weighted by Crippen LogP contribution is 2.07. The van der Waals surface area contributed by atoms with Crippen molar-refractivity contribution in [3.05, 3.63) is 0 Å². The second kappa shape index (κ2) is 9.86. The molecule has 0 fully saturated rings. The maximum atomic E-state index is 10.5. The molecule has 0 aliphatic carbocycles. The molecule has 0 aromatic heterocycles. The number of hydrogen-bond donors (Lipinski definition) is 4. The van der Waals surface area contributed by atoms with Crippen molar-refractivity contribution < 1.29 is 24.6 Å². The van der Waals surface area contributed by atoms with Gasteiger partial charge in [-0.3, -0.25) is 9.59 Å². The molecule has 0 aromatic carbocycles. The minimum Gasteiger partial charge on any atom is -0.481 e. The molecule has 0 aromatic rings. The van der Waals surface area contributed by atoms with E-state index in [-0.39, 0.29) is 19.3 Å². The van der Waals surface area contributed by atoms with Crippen molar-refractivity contribution in [2.75, 3.05) is 0 Å². The number of primary amides is 1. The number of hydrogen-bond acceptors (Lipinski definition) is 4. The Labute approximate surface area is 110 Å². The van der Waals surface area contributed by atoms with Gasteiger partial charge in [-0.15, -0.1) is 0 Å². The van der Waals surface area contributed by atoms with Gasteiger partial charge in [0.25, 0.3) is 0 Å². The summed E-state index contributed by atoms with van der Waals surface area (Å²) >= 11 is 0. The zero-order valence-electron chi connectivity index (χ0n) is 10.6. The van der Waals surface area contributed by atoms with Crippen LogP contribution in [0.5, 0.6) is 0 Å². The molecule has 108 valence electrons. The van der Waals surface area contributed by atoms with Crippen LogP contribution in [0.4, 0.5) is 4.79 Å². The van der Waals surface area contributed by atoms with Gasteiger partial charge in [0.1, 0.15) is 0 Å². The summed E-state index contributed by atoms with van der Waals surface area (Å²) in [6, 6.07) is -0.807. The zero-order chi connectivity index (χ0) is 14.7. The molecule has 0 saturated heterocycles. The number of nitrogens with zero attached hydrogens (tertiary/aromatic N) is 1. The van der Waals surface area contributed by atoms with Crippen molar-refractivity contribution in [2.24, 2.45) is 10.8 Å². The number of carboxylic acid groups (broad SMARTS) is 2. The van der Waals surface area contributed by atoms with Gasteiger partial charge in [0.05, 0.1) is 6.42 Å². The van der Waals surface area contributed by atoms with E-state index in [0.717, 1.165) is 0 Å². The predicted octanol–water partition coefficient (Wildman–Crippen LogP) is 0.911. The summed E-state index contributed by atoms with van der Waals surface area (Å²) in [4.78, 5) is 31.3. The van der Waals surface area contributed by atoms with Gasteiger partial charge in [0.15, 0.2) is 0 Å². The Bertz CT molecular complexity index is 354. The molecule has 0 rings (SSSR count). The Balaban J connectivity index is 4.03. The lowest BCUT2D eigenvalue weighted by Crippen LogP contribution is -2.26. The summed E-state index contributed by atoms with van der Waals surface area (Å²) in [5.74, 6) is -1.78. The summed E-state index contributed by atoms with van der Waals surface area (Å²) in [5, 5.41) is 20.8. The summed E-state index contributed by atoms with van der Waals surface area (Å²) < 4.78 is 0. The Kier molecular flexibility index (Phi) is 8.76. The molecule has 0 aliphatic heterocycles. The van der Waals surface area contributed by atoms with Gasteiger partial charge in [0, 0.05) is 12.1 Å². The molecule has 8 heteroatoms. The third kappa shape index (κ3) is 12.1. The number of amides is 2. The van der Waals surface area contributed by atoms with Crippen LogP contribution < -0.4 is 11.2 Å². The lowest BCUT2D eigenvalue weighted by atomic mass is 10.1. The third-order valence-electron chi connectivity index (χ3n) is 2.31. The minimum absolute atomic E-state index is 0.0750. The van der Waals surface area contributed by atoms with Crippen LogP contribution in [0.25, 0.3) is 0 Å². The minimum atomic E-state index is -0.947. The maximum absolute atomic E-state index is 10.5. The standard InChI is InChI=1S/C11H19N3O5/c12-11(19)14-13-8(6-7-10(17)18)4-2-1-3-5-9(15)16/h1-7H2,(H,15,16)(H,17,18)(H3,12,14,19). The summed E-state index contributed by atoms with van der Waals surface area (Å²) in [7, 11) is 0. The van der Waals surface area contributed by atoms with E-state index in [1.807, 2.05) is 0 Å². The number of carbonyl (C=O) groups excluding carboxylic acids is 1. The van der Waals surface area contributed by atoms with E-state index in [0.29, 0.717) is 31.4 Å². The van der Waals surface area contributed by atoms with Crippen LogP contribution in [-0.4, -0.2) is 33.9 Å². The number of unbranched alkanes of at least 4 members (excludes halogenated alkanes) is 2. The average Bonchev–Trinajstić information content (AvgIpc) is 2.30. The van der Waals surface area contributed by atoms with Crippen molar-refractivity contribution in [1.29, 1.82) is 0 Å². The predicted molar refractivity (Wildman–Crippen MR) is 67.7 cm³/mol. The second-order valence-electron chi connectivity index (χ2n) is 4.00. The average molecular weight is 273 g/mol. The first kappa shape index (κ1) is 16.9. The number of urea groups is 1. The van der Waals surface area contributed by atoms with Crippen LogP contribution in [0.3, 0.4) is 0 Å². The van der Waals surface area contributed by atoms with Crippen molar-refractivity contribution >= 4 is 23.7 Å². The molecule has 19 heavy (non-hydrogen) atoms. The molecule has 2 amide bonds. The van der Waals surface area contributed by atoms with E-state index in [9.17, 15) is 14.4 Å². The molecule has 8 nitrogen and oxygen atoms in total. The van der Waals surface area contributed by atoms with Crippen LogP contribution in [0.1, 0.15) is 44.9 Å². The molecule has 5 N–H and O–H groups in total. The highest BCUT2D eigenvalue weighted by molar-refractivity contribution is 5.88. The van der Waals surface area contributed by atoms with Crippen LogP contribution >= 0.6 is 0 Å². The maximum Gasteiger partial charge on any atom is 0.332 e. The van der Waals surface area contributed by atoms with E-state index < -0.39 is 18.0 Å². The SMILES string of the molecule is NC(=O)NN=C(CCCCCC(=O)O)CCC(=O)O. The molecule has 0 radical (unpaired) electrons. The van der Waals surface area contributed by atoms with Gasteiger partial charge in [-0.25, -0.2) is 10.2 Å². The molecule has 0 atom stereocenters. The first-order valence-electron chi connectivity index (χ1n) is 5.96.